The molecule has 2 aromatic rings. The summed E-state index contributed by atoms with van der Waals surface area (Å²) in [7, 11) is 0. The predicted molar refractivity (Wildman–Crippen MR) is 84.2 cm³/mol. The number of hydrogen-bond donors (Lipinski definition) is 1. The number of nitrogens with zero attached hydrogens (tertiary/aromatic N) is 2. The van der Waals surface area contributed by atoms with Crippen LogP contribution in [0, 0.1) is 11.7 Å². The Labute approximate surface area is 132 Å². The highest BCUT2D eigenvalue weighted by atomic mass is 32.2. The van der Waals surface area contributed by atoms with Gasteiger partial charge in [0.05, 0.1) is 29.0 Å². The third-order valence-electron chi connectivity index (χ3n) is 4.89. The average Bonchev–Trinajstić information content (AvgIpc) is 3.10. The van der Waals surface area contributed by atoms with Gasteiger partial charge < -0.3 is 9.87 Å². The highest BCUT2D eigenvalue weighted by molar-refractivity contribution is 7.89. The molecular weight excluding hydrogens is 301 g/mol. The molecule has 0 amide bonds. The van der Waals surface area contributed by atoms with Gasteiger partial charge in [0.1, 0.15) is 0 Å². The van der Waals surface area contributed by atoms with E-state index < -0.39 is 17.2 Å². The monoisotopic (exact) mass is 319 g/mol. The molecule has 4 nitrogen and oxygen atoms in total. The van der Waals surface area contributed by atoms with Gasteiger partial charge in [0.25, 0.3) is 0 Å². The first kappa shape index (κ1) is 14.4. The van der Waals surface area contributed by atoms with Crippen molar-refractivity contribution in [3.63, 3.8) is 0 Å². The van der Waals surface area contributed by atoms with E-state index in [0.717, 1.165) is 19.5 Å². The first-order valence-corrected chi connectivity index (χ1v) is 8.71. The minimum absolute atomic E-state index is 0.188. The molecule has 2 aliphatic heterocycles. The van der Waals surface area contributed by atoms with Gasteiger partial charge >= 0.3 is 0 Å². The van der Waals surface area contributed by atoms with Crippen molar-refractivity contribution in [2.24, 2.45) is 5.92 Å². The number of rotatable bonds is 2. The van der Waals surface area contributed by atoms with Gasteiger partial charge in [0.15, 0.2) is 10.7 Å². The van der Waals surface area contributed by atoms with Crippen molar-refractivity contribution in [3.8, 4) is 0 Å². The number of nitrogens with one attached hydrogen (secondary N) is 1. The second-order valence-electron chi connectivity index (χ2n) is 6.09. The van der Waals surface area contributed by atoms with E-state index in [1.807, 2.05) is 10.4 Å². The van der Waals surface area contributed by atoms with Crippen LogP contribution in [-0.2, 0) is 11.4 Å². The molecule has 4 rings (SSSR count). The van der Waals surface area contributed by atoms with Crippen molar-refractivity contribution in [1.82, 2.24) is 14.6 Å². The molecule has 1 N–H and O–H groups in total. The SMILES string of the molecule is CC1C2NCCC2CN1[S+]([O-])c1cccc2cncc(F)c12. The van der Waals surface area contributed by atoms with Crippen molar-refractivity contribution in [1.29, 1.82) is 0 Å². The van der Waals surface area contributed by atoms with Crippen LogP contribution in [-0.4, -0.2) is 39.0 Å². The Bertz CT molecular complexity index is 708. The maximum absolute atomic E-state index is 14.2. The predicted octanol–water partition coefficient (Wildman–Crippen LogP) is 2.08. The van der Waals surface area contributed by atoms with Crippen molar-refractivity contribution in [2.45, 2.75) is 30.3 Å². The van der Waals surface area contributed by atoms with E-state index in [0.29, 0.717) is 27.6 Å². The maximum atomic E-state index is 14.2. The first-order valence-electron chi connectivity index (χ1n) is 7.61. The Morgan fingerprint density at radius 3 is 3.09 bits per heavy atom. The fraction of sp³-hybridized carbons (Fsp3) is 0.438. The average molecular weight is 319 g/mol. The van der Waals surface area contributed by atoms with Gasteiger partial charge in [-0.25, -0.2) is 4.39 Å². The zero-order valence-electron chi connectivity index (χ0n) is 12.3. The van der Waals surface area contributed by atoms with Crippen LogP contribution in [0.3, 0.4) is 0 Å². The minimum atomic E-state index is -1.36. The van der Waals surface area contributed by atoms with Gasteiger partial charge in [0.2, 0.25) is 0 Å². The number of pyridine rings is 1. The van der Waals surface area contributed by atoms with Crippen molar-refractivity contribution >= 4 is 22.1 Å². The summed E-state index contributed by atoms with van der Waals surface area (Å²) in [5.41, 5.74) is 0. The molecule has 0 saturated carbocycles. The molecule has 116 valence electrons. The van der Waals surface area contributed by atoms with Crippen LogP contribution in [0.1, 0.15) is 13.3 Å². The molecule has 4 atom stereocenters. The molecular formula is C16H18FN3OS. The fourth-order valence-corrected chi connectivity index (χ4v) is 5.37. The lowest BCUT2D eigenvalue weighted by molar-refractivity contribution is 0.373. The lowest BCUT2D eigenvalue weighted by Crippen LogP contribution is -2.42. The summed E-state index contributed by atoms with van der Waals surface area (Å²) >= 11 is -1.36. The van der Waals surface area contributed by atoms with E-state index in [2.05, 4.69) is 17.2 Å². The van der Waals surface area contributed by atoms with Gasteiger partial charge in [-0.05, 0) is 31.9 Å². The van der Waals surface area contributed by atoms with Gasteiger partial charge in [-0.2, -0.15) is 0 Å². The lowest BCUT2D eigenvalue weighted by atomic mass is 10.0. The summed E-state index contributed by atoms with van der Waals surface area (Å²) in [6, 6.07) is 5.96. The van der Waals surface area contributed by atoms with Crippen LogP contribution in [0.25, 0.3) is 10.8 Å². The van der Waals surface area contributed by atoms with Crippen molar-refractivity contribution in [2.75, 3.05) is 13.1 Å². The van der Waals surface area contributed by atoms with Crippen LogP contribution in [0.15, 0.2) is 35.5 Å². The number of halogens is 1. The van der Waals surface area contributed by atoms with Crippen molar-refractivity contribution in [3.05, 3.63) is 36.4 Å². The Balaban J connectivity index is 1.73. The van der Waals surface area contributed by atoms with Crippen LogP contribution in [0.2, 0.25) is 0 Å². The van der Waals surface area contributed by atoms with E-state index in [1.54, 1.807) is 18.3 Å². The summed E-state index contributed by atoms with van der Waals surface area (Å²) in [4.78, 5) is 4.42. The zero-order chi connectivity index (χ0) is 15.3. The van der Waals surface area contributed by atoms with E-state index in [9.17, 15) is 8.94 Å². The van der Waals surface area contributed by atoms with Crippen LogP contribution < -0.4 is 5.32 Å². The maximum Gasteiger partial charge on any atom is 0.185 e. The van der Waals surface area contributed by atoms with E-state index in [1.165, 1.54) is 6.20 Å². The Morgan fingerprint density at radius 1 is 1.41 bits per heavy atom. The molecule has 0 aliphatic carbocycles. The molecule has 0 radical (unpaired) electrons. The summed E-state index contributed by atoms with van der Waals surface area (Å²) in [5, 5.41) is 4.61. The molecule has 4 unspecified atom stereocenters. The van der Waals surface area contributed by atoms with E-state index in [4.69, 9.17) is 0 Å². The van der Waals surface area contributed by atoms with E-state index in [-0.39, 0.29) is 6.04 Å². The quantitative estimate of drug-likeness (QED) is 0.861. The lowest BCUT2D eigenvalue weighted by Gasteiger charge is -2.26. The number of benzene rings is 1. The molecule has 22 heavy (non-hydrogen) atoms. The largest absolute Gasteiger partial charge is 0.593 e. The Morgan fingerprint density at radius 2 is 2.27 bits per heavy atom. The molecule has 3 heterocycles. The molecule has 0 bridgehead atoms. The Hall–Kier alpha value is -1.21. The summed E-state index contributed by atoms with van der Waals surface area (Å²) in [6.07, 6.45) is 3.92. The van der Waals surface area contributed by atoms with Crippen LogP contribution in [0.4, 0.5) is 4.39 Å². The molecule has 2 aliphatic rings. The number of aromatic nitrogens is 1. The fourth-order valence-electron chi connectivity index (χ4n) is 3.78. The molecule has 0 spiro atoms. The number of fused-ring (bicyclic) bond motifs is 2. The molecule has 6 heteroatoms. The summed E-state index contributed by atoms with van der Waals surface area (Å²) in [6.45, 7) is 3.94. The van der Waals surface area contributed by atoms with Gasteiger partial charge in [-0.3, -0.25) is 4.98 Å². The smallest absolute Gasteiger partial charge is 0.185 e. The minimum Gasteiger partial charge on any atom is -0.593 e. The molecule has 2 saturated heterocycles. The molecule has 1 aromatic heterocycles. The van der Waals surface area contributed by atoms with Crippen molar-refractivity contribution < 1.29 is 8.94 Å². The first-order chi connectivity index (χ1) is 10.7. The number of hydrogen-bond acceptors (Lipinski definition) is 4. The molecule has 1 aromatic carbocycles. The molecule has 2 fully saturated rings. The van der Waals surface area contributed by atoms with Gasteiger partial charge in [0, 0.05) is 24.2 Å². The topological polar surface area (TPSA) is 51.2 Å². The van der Waals surface area contributed by atoms with Crippen LogP contribution in [0.5, 0.6) is 0 Å². The summed E-state index contributed by atoms with van der Waals surface area (Å²) in [5.74, 6) is 0.132. The highest BCUT2D eigenvalue weighted by Crippen LogP contribution is 2.36. The zero-order valence-corrected chi connectivity index (χ0v) is 13.1. The third kappa shape index (κ3) is 2.13. The van der Waals surface area contributed by atoms with E-state index >= 15 is 0 Å². The standard InChI is InChI=1S/C16H18FN3OS/c1-10-16-12(5-6-19-16)9-20(10)22(21)14-4-2-3-11-7-18-8-13(17)15(11)14/h2-4,7-8,10,12,16,19H,5-6,9H2,1H3. The van der Waals surface area contributed by atoms with Crippen LogP contribution >= 0.6 is 0 Å². The van der Waals surface area contributed by atoms with Gasteiger partial charge in [-0.1, -0.05) is 12.1 Å². The van der Waals surface area contributed by atoms with Gasteiger partial charge in [-0.15, -0.1) is 4.31 Å². The second kappa shape index (κ2) is 5.45. The highest BCUT2D eigenvalue weighted by Gasteiger charge is 2.47. The normalized spacial score (nSPS) is 29.9. The third-order valence-corrected chi connectivity index (χ3v) is 6.52. The Kier molecular flexibility index (Phi) is 3.57. The second-order valence-corrected chi connectivity index (χ2v) is 7.50. The summed E-state index contributed by atoms with van der Waals surface area (Å²) < 4.78 is 29.3.